The van der Waals surface area contributed by atoms with Crippen LogP contribution in [0.5, 0.6) is 0 Å². The molecule has 22 heavy (non-hydrogen) atoms. The maximum atomic E-state index is 11.7. The van der Waals surface area contributed by atoms with Crippen molar-refractivity contribution in [1.29, 1.82) is 0 Å². The Kier molecular flexibility index (Phi) is 3.27. The highest BCUT2D eigenvalue weighted by atomic mass is 16.7. The lowest BCUT2D eigenvalue weighted by Crippen LogP contribution is -2.41. The smallest absolute Gasteiger partial charge is 0.399 e. The van der Waals surface area contributed by atoms with Crippen molar-refractivity contribution in [3.05, 3.63) is 36.4 Å². The van der Waals surface area contributed by atoms with Crippen LogP contribution in [0, 0.1) is 0 Å². The Labute approximate surface area is 130 Å². The van der Waals surface area contributed by atoms with Gasteiger partial charge in [-0.2, -0.15) is 0 Å². The number of rotatable bonds is 2. The minimum absolute atomic E-state index is 0.326. The van der Waals surface area contributed by atoms with Gasteiger partial charge in [-0.05, 0) is 45.3 Å². The summed E-state index contributed by atoms with van der Waals surface area (Å²) in [4.78, 5) is 24.5. The minimum atomic E-state index is -0.456. The number of carbonyl (C=O) groups is 2. The van der Waals surface area contributed by atoms with Gasteiger partial charge >= 0.3 is 7.12 Å². The number of anilines is 1. The van der Waals surface area contributed by atoms with E-state index >= 15 is 0 Å². The van der Waals surface area contributed by atoms with Gasteiger partial charge in [-0.15, -0.1) is 0 Å². The minimum Gasteiger partial charge on any atom is -0.399 e. The predicted molar refractivity (Wildman–Crippen MR) is 83.8 cm³/mol. The van der Waals surface area contributed by atoms with Crippen LogP contribution in [0.2, 0.25) is 0 Å². The van der Waals surface area contributed by atoms with Gasteiger partial charge in [-0.1, -0.05) is 12.1 Å². The fourth-order valence-corrected chi connectivity index (χ4v) is 2.41. The third-order valence-electron chi connectivity index (χ3n) is 4.49. The molecule has 5 nitrogen and oxygen atoms in total. The van der Waals surface area contributed by atoms with Crippen molar-refractivity contribution in [2.45, 2.75) is 38.9 Å². The molecule has 3 rings (SSSR count). The van der Waals surface area contributed by atoms with Crippen LogP contribution in [-0.2, 0) is 18.9 Å². The van der Waals surface area contributed by atoms with Gasteiger partial charge in [0.25, 0.3) is 11.8 Å². The molecule has 0 aromatic heterocycles. The third kappa shape index (κ3) is 2.28. The Bertz CT molecular complexity index is 629. The SMILES string of the molecule is CC1(C)OB(c2ccc(N3C(=O)C=CC3=O)cc2)OC1(C)C. The van der Waals surface area contributed by atoms with E-state index in [1.54, 1.807) is 12.1 Å². The molecule has 0 bridgehead atoms. The molecular formula is C16H18BNO4. The number of imide groups is 1. The molecule has 0 spiro atoms. The number of nitrogens with zero attached hydrogens (tertiary/aromatic N) is 1. The molecule has 2 heterocycles. The highest BCUT2D eigenvalue weighted by Crippen LogP contribution is 2.36. The Hall–Kier alpha value is -1.92. The highest BCUT2D eigenvalue weighted by Gasteiger charge is 2.51. The molecule has 2 aliphatic heterocycles. The van der Waals surface area contributed by atoms with Gasteiger partial charge in [0.15, 0.2) is 0 Å². The summed E-state index contributed by atoms with van der Waals surface area (Å²) in [6.07, 6.45) is 2.54. The molecule has 0 unspecified atom stereocenters. The van der Waals surface area contributed by atoms with Crippen molar-refractivity contribution in [2.75, 3.05) is 4.90 Å². The molecule has 2 amide bonds. The molecular weight excluding hydrogens is 281 g/mol. The van der Waals surface area contributed by atoms with E-state index in [1.807, 2.05) is 39.8 Å². The predicted octanol–water partition coefficient (Wildman–Crippen LogP) is 1.42. The summed E-state index contributed by atoms with van der Waals surface area (Å²) in [5.74, 6) is -0.651. The van der Waals surface area contributed by atoms with E-state index in [1.165, 1.54) is 12.2 Å². The third-order valence-corrected chi connectivity index (χ3v) is 4.49. The van der Waals surface area contributed by atoms with Crippen molar-refractivity contribution in [3.63, 3.8) is 0 Å². The molecule has 114 valence electrons. The summed E-state index contributed by atoms with van der Waals surface area (Å²) in [7, 11) is -0.456. The molecule has 2 aliphatic rings. The zero-order valence-corrected chi connectivity index (χ0v) is 13.1. The molecule has 6 heteroatoms. The number of carbonyl (C=O) groups excluding carboxylic acids is 2. The van der Waals surface area contributed by atoms with Crippen LogP contribution in [0.3, 0.4) is 0 Å². The lowest BCUT2D eigenvalue weighted by Gasteiger charge is -2.32. The number of hydrogen-bond acceptors (Lipinski definition) is 4. The van der Waals surface area contributed by atoms with Crippen LogP contribution in [-0.4, -0.2) is 30.1 Å². The van der Waals surface area contributed by atoms with Crippen molar-refractivity contribution >= 4 is 30.1 Å². The van der Waals surface area contributed by atoms with Gasteiger partial charge in [0.1, 0.15) is 0 Å². The van der Waals surface area contributed by atoms with Crippen LogP contribution >= 0.6 is 0 Å². The second kappa shape index (κ2) is 4.79. The number of hydrogen-bond donors (Lipinski definition) is 0. The van der Waals surface area contributed by atoms with Gasteiger partial charge in [0, 0.05) is 12.2 Å². The lowest BCUT2D eigenvalue weighted by atomic mass is 9.79. The number of benzene rings is 1. The van der Waals surface area contributed by atoms with Gasteiger partial charge in [-0.3, -0.25) is 9.59 Å². The number of amides is 2. The van der Waals surface area contributed by atoms with Crippen LogP contribution in [0.4, 0.5) is 5.69 Å². The van der Waals surface area contributed by atoms with E-state index in [0.29, 0.717) is 5.69 Å². The summed E-state index contributed by atoms with van der Waals surface area (Å²) >= 11 is 0. The quantitative estimate of drug-likeness (QED) is 0.612. The summed E-state index contributed by atoms with van der Waals surface area (Å²) in [6, 6.07) is 7.08. The first-order chi connectivity index (χ1) is 10.2. The van der Waals surface area contributed by atoms with Crippen LogP contribution in [0.1, 0.15) is 27.7 Å². The van der Waals surface area contributed by atoms with Crippen LogP contribution < -0.4 is 10.4 Å². The normalized spacial score (nSPS) is 22.7. The van der Waals surface area contributed by atoms with E-state index in [4.69, 9.17) is 9.31 Å². The Morgan fingerprint density at radius 1 is 0.864 bits per heavy atom. The van der Waals surface area contributed by atoms with Gasteiger partial charge < -0.3 is 9.31 Å². The first-order valence-electron chi connectivity index (χ1n) is 7.23. The summed E-state index contributed by atoms with van der Waals surface area (Å²) in [6.45, 7) is 7.98. The Balaban J connectivity index is 1.82. The zero-order chi connectivity index (χ0) is 16.1. The molecule has 1 saturated heterocycles. The average molecular weight is 299 g/mol. The first kappa shape index (κ1) is 15.0. The fourth-order valence-electron chi connectivity index (χ4n) is 2.41. The van der Waals surface area contributed by atoms with Crippen molar-refractivity contribution in [2.24, 2.45) is 0 Å². The Morgan fingerprint density at radius 3 is 1.77 bits per heavy atom. The van der Waals surface area contributed by atoms with E-state index < -0.39 is 18.3 Å². The van der Waals surface area contributed by atoms with E-state index in [9.17, 15) is 9.59 Å². The van der Waals surface area contributed by atoms with Gasteiger partial charge in [0.05, 0.1) is 16.9 Å². The molecule has 1 aromatic carbocycles. The maximum Gasteiger partial charge on any atom is 0.494 e. The Morgan fingerprint density at radius 2 is 1.32 bits per heavy atom. The topological polar surface area (TPSA) is 55.8 Å². The summed E-state index contributed by atoms with van der Waals surface area (Å²) in [5.41, 5.74) is 0.595. The molecule has 1 fully saturated rings. The molecule has 1 aromatic rings. The van der Waals surface area contributed by atoms with Crippen molar-refractivity contribution in [3.8, 4) is 0 Å². The lowest BCUT2D eigenvalue weighted by molar-refractivity contribution is -0.119. The molecule has 0 aliphatic carbocycles. The molecule has 0 N–H and O–H groups in total. The van der Waals surface area contributed by atoms with E-state index in [-0.39, 0.29) is 11.8 Å². The highest BCUT2D eigenvalue weighted by molar-refractivity contribution is 6.62. The largest absolute Gasteiger partial charge is 0.494 e. The standard InChI is InChI=1S/C16H18BNO4/c1-15(2)16(3,4)22-17(21-15)11-5-7-12(8-6-11)18-13(19)9-10-14(18)20/h5-10H,1-4H3. The summed E-state index contributed by atoms with van der Waals surface area (Å²) < 4.78 is 12.0. The second-order valence-electron chi connectivity index (χ2n) is 6.53. The van der Waals surface area contributed by atoms with E-state index in [2.05, 4.69) is 0 Å². The van der Waals surface area contributed by atoms with Crippen molar-refractivity contribution < 1.29 is 18.9 Å². The van der Waals surface area contributed by atoms with Crippen molar-refractivity contribution in [1.82, 2.24) is 0 Å². The molecule has 0 atom stereocenters. The van der Waals surface area contributed by atoms with Crippen LogP contribution in [0.15, 0.2) is 36.4 Å². The first-order valence-corrected chi connectivity index (χ1v) is 7.23. The van der Waals surface area contributed by atoms with E-state index in [0.717, 1.165) is 10.4 Å². The fraction of sp³-hybridized carbons (Fsp3) is 0.375. The molecule has 0 radical (unpaired) electrons. The molecule has 0 saturated carbocycles. The van der Waals surface area contributed by atoms with Gasteiger partial charge in [0.2, 0.25) is 0 Å². The zero-order valence-electron chi connectivity index (χ0n) is 13.1. The van der Waals surface area contributed by atoms with Gasteiger partial charge in [-0.25, -0.2) is 4.90 Å². The summed E-state index contributed by atoms with van der Waals surface area (Å²) in [5, 5.41) is 0. The second-order valence-corrected chi connectivity index (χ2v) is 6.53. The maximum absolute atomic E-state index is 11.7. The average Bonchev–Trinajstić information content (AvgIpc) is 2.87. The monoisotopic (exact) mass is 299 g/mol. The van der Waals surface area contributed by atoms with Crippen LogP contribution in [0.25, 0.3) is 0 Å².